The van der Waals surface area contributed by atoms with E-state index in [0.29, 0.717) is 17.0 Å². The van der Waals surface area contributed by atoms with Gasteiger partial charge in [0.2, 0.25) is 0 Å². The van der Waals surface area contributed by atoms with Gasteiger partial charge in [-0.05, 0) is 36.6 Å². The van der Waals surface area contributed by atoms with E-state index < -0.39 is 5.63 Å². The van der Waals surface area contributed by atoms with Crippen molar-refractivity contribution in [2.45, 2.75) is 26.7 Å². The molecule has 0 saturated heterocycles. The quantitative estimate of drug-likeness (QED) is 0.750. The molecule has 2 heterocycles. The van der Waals surface area contributed by atoms with Crippen LogP contribution in [-0.2, 0) is 7.05 Å². The van der Waals surface area contributed by atoms with Crippen molar-refractivity contribution < 1.29 is 9.21 Å². The molecule has 1 amide bonds. The van der Waals surface area contributed by atoms with Crippen molar-refractivity contribution in [2.75, 3.05) is 5.32 Å². The van der Waals surface area contributed by atoms with Crippen LogP contribution in [0.4, 0.5) is 5.69 Å². The zero-order valence-electron chi connectivity index (χ0n) is 14.1. The molecule has 2 aromatic heterocycles. The Bertz CT molecular complexity index is 983. The third-order valence-electron chi connectivity index (χ3n) is 3.93. The van der Waals surface area contributed by atoms with Crippen molar-refractivity contribution in [3.63, 3.8) is 0 Å². The van der Waals surface area contributed by atoms with Gasteiger partial charge in [-0.25, -0.2) is 4.79 Å². The molecule has 0 aliphatic heterocycles. The van der Waals surface area contributed by atoms with E-state index in [1.54, 1.807) is 29.9 Å². The lowest BCUT2D eigenvalue weighted by atomic mass is 10.1. The maximum atomic E-state index is 12.5. The molecule has 6 nitrogen and oxygen atoms in total. The van der Waals surface area contributed by atoms with Crippen LogP contribution in [0, 0.1) is 6.92 Å². The number of aryl methyl sites for hydroxylation is 2. The van der Waals surface area contributed by atoms with Gasteiger partial charge in [0.05, 0.1) is 5.69 Å². The smallest absolute Gasteiger partial charge is 0.336 e. The first-order valence-electron chi connectivity index (χ1n) is 7.75. The van der Waals surface area contributed by atoms with Crippen molar-refractivity contribution in [3.8, 4) is 0 Å². The highest BCUT2D eigenvalue weighted by molar-refractivity contribution is 6.04. The Morgan fingerprint density at radius 3 is 2.67 bits per heavy atom. The van der Waals surface area contributed by atoms with Crippen LogP contribution >= 0.6 is 0 Å². The number of fused-ring (bicyclic) bond motifs is 1. The first kappa shape index (κ1) is 16.0. The van der Waals surface area contributed by atoms with E-state index in [2.05, 4.69) is 10.4 Å². The highest BCUT2D eigenvalue weighted by atomic mass is 16.4. The molecule has 0 fully saturated rings. The normalized spacial score (nSPS) is 11.2. The number of amides is 1. The first-order valence-corrected chi connectivity index (χ1v) is 7.75. The van der Waals surface area contributed by atoms with E-state index in [1.807, 2.05) is 26.8 Å². The number of hydrogen-bond acceptors (Lipinski definition) is 4. The van der Waals surface area contributed by atoms with Crippen molar-refractivity contribution in [1.29, 1.82) is 0 Å². The third kappa shape index (κ3) is 2.95. The van der Waals surface area contributed by atoms with E-state index >= 15 is 0 Å². The van der Waals surface area contributed by atoms with Gasteiger partial charge in [-0.2, -0.15) is 5.10 Å². The fourth-order valence-corrected chi connectivity index (χ4v) is 2.58. The number of hydrogen-bond donors (Lipinski definition) is 1. The van der Waals surface area contributed by atoms with Gasteiger partial charge < -0.3 is 9.73 Å². The Morgan fingerprint density at radius 1 is 1.25 bits per heavy atom. The van der Waals surface area contributed by atoms with Crippen LogP contribution in [0.5, 0.6) is 0 Å². The number of rotatable bonds is 3. The Labute approximate surface area is 139 Å². The molecule has 1 aromatic carbocycles. The average molecular weight is 325 g/mol. The molecular formula is C18H19N3O3. The lowest BCUT2D eigenvalue weighted by molar-refractivity contribution is 0.101. The fourth-order valence-electron chi connectivity index (χ4n) is 2.58. The Morgan fingerprint density at radius 2 is 2.00 bits per heavy atom. The van der Waals surface area contributed by atoms with Gasteiger partial charge in [0.25, 0.3) is 5.91 Å². The molecule has 6 heteroatoms. The lowest BCUT2D eigenvalue weighted by Crippen LogP contribution is -2.16. The van der Waals surface area contributed by atoms with Gasteiger partial charge in [-0.1, -0.05) is 13.8 Å². The fraction of sp³-hybridized carbons (Fsp3) is 0.278. The monoisotopic (exact) mass is 325 g/mol. The summed E-state index contributed by atoms with van der Waals surface area (Å²) in [4.78, 5) is 24.0. The van der Waals surface area contributed by atoms with Crippen LogP contribution in [-0.4, -0.2) is 15.7 Å². The lowest BCUT2D eigenvalue weighted by Gasteiger charge is -2.07. The van der Waals surface area contributed by atoms with E-state index in [0.717, 1.165) is 16.6 Å². The summed E-state index contributed by atoms with van der Waals surface area (Å²) in [6, 6.07) is 8.50. The maximum absolute atomic E-state index is 12.5. The zero-order chi connectivity index (χ0) is 17.4. The molecule has 0 aliphatic carbocycles. The molecule has 0 saturated carbocycles. The second-order valence-corrected chi connectivity index (χ2v) is 6.15. The standard InChI is InChI=1S/C18H19N3O3/c1-10(2)14-9-15(21(4)20-14)18(23)19-12-5-6-13-11(3)7-17(22)24-16(13)8-12/h5-10H,1-4H3,(H,19,23). The van der Waals surface area contributed by atoms with E-state index in [4.69, 9.17) is 4.42 Å². The van der Waals surface area contributed by atoms with Crippen LogP contribution in [0.3, 0.4) is 0 Å². The molecule has 0 aliphatic rings. The molecule has 3 aromatic rings. The largest absolute Gasteiger partial charge is 0.423 e. The minimum atomic E-state index is -0.406. The minimum absolute atomic E-state index is 0.246. The van der Waals surface area contributed by atoms with Gasteiger partial charge in [0.15, 0.2) is 0 Å². The second kappa shape index (κ2) is 5.96. The highest BCUT2D eigenvalue weighted by Gasteiger charge is 2.15. The third-order valence-corrected chi connectivity index (χ3v) is 3.93. The van der Waals surface area contributed by atoms with Crippen molar-refractivity contribution in [2.24, 2.45) is 7.05 Å². The first-order chi connectivity index (χ1) is 11.3. The number of aromatic nitrogens is 2. The summed E-state index contributed by atoms with van der Waals surface area (Å²) in [6.45, 7) is 5.90. The molecule has 0 unspecified atom stereocenters. The molecule has 1 N–H and O–H groups in total. The summed E-state index contributed by atoms with van der Waals surface area (Å²) in [7, 11) is 1.74. The van der Waals surface area contributed by atoms with Gasteiger partial charge in [-0.15, -0.1) is 0 Å². The second-order valence-electron chi connectivity index (χ2n) is 6.15. The summed E-state index contributed by atoms with van der Waals surface area (Å²) < 4.78 is 6.77. The van der Waals surface area contributed by atoms with E-state index in [1.165, 1.54) is 6.07 Å². The van der Waals surface area contributed by atoms with Crippen LogP contribution in [0.15, 0.2) is 39.5 Å². The molecule has 24 heavy (non-hydrogen) atoms. The summed E-state index contributed by atoms with van der Waals surface area (Å²) in [5, 5.41) is 8.01. The van der Waals surface area contributed by atoms with Crippen LogP contribution in [0.25, 0.3) is 11.0 Å². The number of anilines is 1. The predicted octanol–water partition coefficient (Wildman–Crippen LogP) is 3.21. The Balaban J connectivity index is 1.92. The summed E-state index contributed by atoms with van der Waals surface area (Å²) >= 11 is 0. The van der Waals surface area contributed by atoms with Crippen LogP contribution in [0.2, 0.25) is 0 Å². The predicted molar refractivity (Wildman–Crippen MR) is 92.5 cm³/mol. The summed E-state index contributed by atoms with van der Waals surface area (Å²) in [5.74, 6) is -0.0121. The van der Waals surface area contributed by atoms with Gasteiger partial charge in [0.1, 0.15) is 11.3 Å². The van der Waals surface area contributed by atoms with Crippen LogP contribution in [0.1, 0.15) is 41.5 Å². The van der Waals surface area contributed by atoms with Crippen molar-refractivity contribution in [1.82, 2.24) is 9.78 Å². The van der Waals surface area contributed by atoms with Gasteiger partial charge in [-0.3, -0.25) is 9.48 Å². The summed E-state index contributed by atoms with van der Waals surface area (Å²) in [5.41, 5.74) is 2.79. The van der Waals surface area contributed by atoms with Crippen LogP contribution < -0.4 is 10.9 Å². The van der Waals surface area contributed by atoms with Gasteiger partial charge in [0, 0.05) is 30.3 Å². The highest BCUT2D eigenvalue weighted by Crippen LogP contribution is 2.21. The molecule has 0 atom stereocenters. The Hall–Kier alpha value is -2.89. The molecule has 0 bridgehead atoms. The Kier molecular flexibility index (Phi) is 3.97. The van der Waals surface area contributed by atoms with Gasteiger partial charge >= 0.3 is 5.63 Å². The molecule has 0 radical (unpaired) electrons. The topological polar surface area (TPSA) is 77.1 Å². The number of nitrogens with zero attached hydrogens (tertiary/aromatic N) is 2. The van der Waals surface area contributed by atoms with Crippen molar-refractivity contribution >= 4 is 22.6 Å². The average Bonchev–Trinajstić information content (AvgIpc) is 2.89. The minimum Gasteiger partial charge on any atom is -0.423 e. The van der Waals surface area contributed by atoms with E-state index in [-0.39, 0.29) is 11.8 Å². The zero-order valence-corrected chi connectivity index (χ0v) is 14.1. The number of carbonyl (C=O) groups excluding carboxylic acids is 1. The molecule has 0 spiro atoms. The number of carbonyl (C=O) groups is 1. The molecule has 124 valence electrons. The molecular weight excluding hydrogens is 306 g/mol. The summed E-state index contributed by atoms with van der Waals surface area (Å²) in [6.07, 6.45) is 0. The SMILES string of the molecule is Cc1cc(=O)oc2cc(NC(=O)c3cc(C(C)C)nn3C)ccc12. The molecule has 3 rings (SSSR count). The van der Waals surface area contributed by atoms with Crippen molar-refractivity contribution in [3.05, 3.63) is 57.7 Å². The number of nitrogens with one attached hydrogen (secondary N) is 1. The van der Waals surface area contributed by atoms with E-state index in [9.17, 15) is 9.59 Å². The maximum Gasteiger partial charge on any atom is 0.336 e. The number of benzene rings is 1.